The molecule has 2 N–H and O–H groups in total. The molecule has 2 aromatic rings. The van der Waals surface area contributed by atoms with Gasteiger partial charge < -0.3 is 29.2 Å². The van der Waals surface area contributed by atoms with E-state index in [2.05, 4.69) is 0 Å². The zero-order chi connectivity index (χ0) is 24.8. The maximum atomic E-state index is 12.1. The van der Waals surface area contributed by atoms with Crippen molar-refractivity contribution < 1.29 is 34.0 Å². The number of esters is 1. The lowest BCUT2D eigenvalue weighted by molar-refractivity contribution is -0.224. The summed E-state index contributed by atoms with van der Waals surface area (Å²) in [5.74, 6) is -0.547. The molecular formula is C26H31ClO7. The van der Waals surface area contributed by atoms with Crippen LogP contribution in [0.2, 0.25) is 5.02 Å². The summed E-state index contributed by atoms with van der Waals surface area (Å²) < 4.78 is 17.0. The van der Waals surface area contributed by atoms with E-state index in [0.29, 0.717) is 18.1 Å². The third-order valence-corrected chi connectivity index (χ3v) is 6.25. The Balaban J connectivity index is 1.94. The highest BCUT2D eigenvalue weighted by Gasteiger charge is 2.47. The largest absolute Gasteiger partial charge is 0.494 e. The van der Waals surface area contributed by atoms with E-state index >= 15 is 0 Å². The van der Waals surface area contributed by atoms with Gasteiger partial charge in [0.1, 0.15) is 29.8 Å². The lowest BCUT2D eigenvalue weighted by Crippen LogP contribution is -2.54. The van der Waals surface area contributed by atoms with Gasteiger partial charge in [-0.15, -0.1) is 0 Å². The lowest BCUT2D eigenvalue weighted by atomic mass is 9.80. The minimum absolute atomic E-state index is 0.0364. The Labute approximate surface area is 204 Å². The molecule has 0 aromatic heterocycles. The predicted molar refractivity (Wildman–Crippen MR) is 127 cm³/mol. The SMILES string of the molecule is CCOc1ccc(Cc2cc(C3OC(CO)C(O)C(OC(C)=O)C3CC(C)=O)ccc2Cl)cc1. The maximum absolute atomic E-state index is 12.1. The summed E-state index contributed by atoms with van der Waals surface area (Å²) in [4.78, 5) is 23.8. The second-order valence-electron chi connectivity index (χ2n) is 8.52. The zero-order valence-corrected chi connectivity index (χ0v) is 20.3. The summed E-state index contributed by atoms with van der Waals surface area (Å²) in [6.45, 7) is 4.74. The van der Waals surface area contributed by atoms with Crippen LogP contribution in [0.3, 0.4) is 0 Å². The quantitative estimate of drug-likeness (QED) is 0.517. The molecule has 1 heterocycles. The summed E-state index contributed by atoms with van der Waals surface area (Å²) in [5.41, 5.74) is 2.61. The number of halogens is 1. The van der Waals surface area contributed by atoms with Crippen LogP contribution in [0.25, 0.3) is 0 Å². The summed E-state index contributed by atoms with van der Waals surface area (Å²) in [6, 6.07) is 13.2. The van der Waals surface area contributed by atoms with Crippen molar-refractivity contribution >= 4 is 23.4 Å². The van der Waals surface area contributed by atoms with Gasteiger partial charge in [-0.1, -0.05) is 35.9 Å². The highest BCUT2D eigenvalue weighted by atomic mass is 35.5. The molecule has 0 amide bonds. The monoisotopic (exact) mass is 490 g/mol. The lowest BCUT2D eigenvalue weighted by Gasteiger charge is -2.44. The average molecular weight is 491 g/mol. The summed E-state index contributed by atoms with van der Waals surface area (Å²) >= 11 is 6.49. The van der Waals surface area contributed by atoms with E-state index in [9.17, 15) is 19.8 Å². The van der Waals surface area contributed by atoms with Gasteiger partial charge in [-0.3, -0.25) is 4.79 Å². The smallest absolute Gasteiger partial charge is 0.303 e. The van der Waals surface area contributed by atoms with Gasteiger partial charge in [0.05, 0.1) is 19.3 Å². The van der Waals surface area contributed by atoms with Gasteiger partial charge in [-0.25, -0.2) is 0 Å². The molecule has 3 rings (SSSR count). The number of ether oxygens (including phenoxy) is 3. The number of benzene rings is 2. The number of carbonyl (C=O) groups is 2. The molecule has 0 bridgehead atoms. The number of hydrogen-bond acceptors (Lipinski definition) is 7. The topological polar surface area (TPSA) is 102 Å². The van der Waals surface area contributed by atoms with E-state index in [-0.39, 0.29) is 12.2 Å². The van der Waals surface area contributed by atoms with Gasteiger partial charge >= 0.3 is 5.97 Å². The molecular weight excluding hydrogens is 460 g/mol. The Morgan fingerprint density at radius 2 is 1.82 bits per heavy atom. The van der Waals surface area contributed by atoms with E-state index in [1.807, 2.05) is 37.3 Å². The molecule has 0 radical (unpaired) electrons. The van der Waals surface area contributed by atoms with Crippen molar-refractivity contribution in [2.45, 2.75) is 58.0 Å². The molecule has 5 atom stereocenters. The van der Waals surface area contributed by atoms with E-state index < -0.39 is 42.9 Å². The van der Waals surface area contributed by atoms with Crippen LogP contribution in [0.15, 0.2) is 42.5 Å². The molecule has 1 saturated heterocycles. The van der Waals surface area contributed by atoms with Crippen molar-refractivity contribution in [3.05, 3.63) is 64.2 Å². The molecule has 1 aliphatic rings. The number of aliphatic hydroxyl groups excluding tert-OH is 2. The summed E-state index contributed by atoms with van der Waals surface area (Å²) in [5, 5.41) is 21.0. The molecule has 34 heavy (non-hydrogen) atoms. The first-order valence-electron chi connectivity index (χ1n) is 11.3. The van der Waals surface area contributed by atoms with Crippen LogP contribution in [-0.4, -0.2) is 53.5 Å². The molecule has 8 heteroatoms. The fraction of sp³-hybridized carbons (Fsp3) is 0.462. The molecule has 1 aliphatic heterocycles. The number of carbonyl (C=O) groups excluding carboxylic acids is 2. The van der Waals surface area contributed by atoms with Crippen molar-refractivity contribution in [3.63, 3.8) is 0 Å². The third kappa shape index (κ3) is 6.36. The van der Waals surface area contributed by atoms with Crippen LogP contribution in [-0.2, 0) is 25.5 Å². The number of hydrogen-bond donors (Lipinski definition) is 2. The minimum Gasteiger partial charge on any atom is -0.494 e. The summed E-state index contributed by atoms with van der Waals surface area (Å²) in [6.07, 6.45) is -3.32. The average Bonchev–Trinajstić information content (AvgIpc) is 2.79. The Hall–Kier alpha value is -2.45. The van der Waals surface area contributed by atoms with Gasteiger partial charge in [0.15, 0.2) is 0 Å². The van der Waals surface area contributed by atoms with Gasteiger partial charge in [0.25, 0.3) is 0 Å². The van der Waals surface area contributed by atoms with Crippen LogP contribution < -0.4 is 4.74 Å². The third-order valence-electron chi connectivity index (χ3n) is 5.88. The van der Waals surface area contributed by atoms with Gasteiger partial charge in [-0.05, 0) is 55.2 Å². The Morgan fingerprint density at radius 3 is 2.41 bits per heavy atom. The van der Waals surface area contributed by atoms with Crippen molar-refractivity contribution in [2.75, 3.05) is 13.2 Å². The molecule has 2 aromatic carbocycles. The maximum Gasteiger partial charge on any atom is 0.303 e. The van der Waals surface area contributed by atoms with Crippen LogP contribution in [0, 0.1) is 5.92 Å². The normalized spacial score (nSPS) is 24.5. The molecule has 7 nitrogen and oxygen atoms in total. The van der Waals surface area contributed by atoms with Gasteiger partial charge in [0.2, 0.25) is 0 Å². The first kappa shape index (κ1) is 26.2. The molecule has 1 fully saturated rings. The fourth-order valence-electron chi connectivity index (χ4n) is 4.38. The molecule has 184 valence electrons. The molecule has 5 unspecified atom stereocenters. The highest BCUT2D eigenvalue weighted by molar-refractivity contribution is 6.31. The standard InChI is InChI=1S/C26H31ClO7/c1-4-32-20-8-5-17(6-9-20)12-19-13-18(7-10-22(19)27)25-21(11-15(2)29)26(33-16(3)30)24(31)23(14-28)34-25/h5-10,13,21,23-26,28,31H,4,11-12,14H2,1-3H3. The number of aliphatic hydroxyl groups is 2. The number of Topliss-reactive ketones (excluding diaryl/α,β-unsaturated/α-hetero) is 1. The van der Waals surface area contributed by atoms with Crippen molar-refractivity contribution in [1.82, 2.24) is 0 Å². The molecule has 0 saturated carbocycles. The Kier molecular flexibility index (Phi) is 9.08. The molecule has 0 spiro atoms. The van der Waals surface area contributed by atoms with Gasteiger partial charge in [0, 0.05) is 24.3 Å². The number of ketones is 1. The fourth-order valence-corrected chi connectivity index (χ4v) is 4.57. The van der Waals surface area contributed by atoms with E-state index in [1.165, 1.54) is 13.8 Å². The second kappa shape index (κ2) is 11.8. The Morgan fingerprint density at radius 1 is 1.12 bits per heavy atom. The van der Waals surface area contributed by atoms with Gasteiger partial charge in [-0.2, -0.15) is 0 Å². The van der Waals surface area contributed by atoms with E-state index in [0.717, 1.165) is 22.4 Å². The van der Waals surface area contributed by atoms with E-state index in [1.54, 1.807) is 12.1 Å². The van der Waals surface area contributed by atoms with Crippen molar-refractivity contribution in [1.29, 1.82) is 0 Å². The minimum atomic E-state index is -1.26. The van der Waals surface area contributed by atoms with Crippen LogP contribution in [0.5, 0.6) is 5.75 Å². The summed E-state index contributed by atoms with van der Waals surface area (Å²) in [7, 11) is 0. The van der Waals surface area contributed by atoms with E-state index in [4.69, 9.17) is 25.8 Å². The van der Waals surface area contributed by atoms with Crippen LogP contribution in [0.4, 0.5) is 0 Å². The molecule has 0 aliphatic carbocycles. The first-order valence-corrected chi connectivity index (χ1v) is 11.7. The van der Waals surface area contributed by atoms with Crippen LogP contribution in [0.1, 0.15) is 50.0 Å². The van der Waals surface area contributed by atoms with Crippen molar-refractivity contribution in [2.24, 2.45) is 5.92 Å². The second-order valence-corrected chi connectivity index (χ2v) is 8.92. The predicted octanol–water partition coefficient (Wildman–Crippen LogP) is 3.65. The first-order chi connectivity index (χ1) is 16.2. The number of rotatable bonds is 9. The highest BCUT2D eigenvalue weighted by Crippen LogP contribution is 2.41. The zero-order valence-electron chi connectivity index (χ0n) is 19.6. The van der Waals surface area contributed by atoms with Crippen molar-refractivity contribution in [3.8, 4) is 5.75 Å². The van der Waals surface area contributed by atoms with Crippen LogP contribution >= 0.6 is 11.6 Å². The Bertz CT molecular complexity index is 991.